The Morgan fingerprint density at radius 3 is 3.06 bits per heavy atom. The van der Waals surface area contributed by atoms with E-state index < -0.39 is 0 Å². The average molecular weight is 261 g/mol. The van der Waals surface area contributed by atoms with Crippen LogP contribution >= 0.6 is 11.5 Å². The number of carbonyl (C=O) groups excluding carboxylic acids is 1. The molecular formula is C11H11N5OS. The van der Waals surface area contributed by atoms with E-state index in [0.29, 0.717) is 6.42 Å². The number of aryl methyl sites for hydroxylation is 1. The topological polar surface area (TPSA) is 71.0 Å². The number of aromatic nitrogens is 3. The molecule has 1 aromatic carbocycles. The van der Waals surface area contributed by atoms with E-state index in [-0.39, 0.29) is 5.91 Å². The zero-order chi connectivity index (χ0) is 12.5. The molecule has 1 amide bonds. The summed E-state index contributed by atoms with van der Waals surface area (Å²) in [6.45, 7) is 0. The molecule has 7 heteroatoms. The number of carbonyl (C=O) groups is 1. The van der Waals surface area contributed by atoms with E-state index >= 15 is 0 Å². The van der Waals surface area contributed by atoms with Gasteiger partial charge in [0.25, 0.3) is 0 Å². The fourth-order valence-electron chi connectivity index (χ4n) is 1.95. The van der Waals surface area contributed by atoms with Crippen molar-refractivity contribution < 1.29 is 4.79 Å². The van der Waals surface area contributed by atoms with Crippen LogP contribution in [0, 0.1) is 0 Å². The average Bonchev–Trinajstić information content (AvgIpc) is 2.91. The van der Waals surface area contributed by atoms with Gasteiger partial charge in [0.1, 0.15) is 0 Å². The molecule has 0 fully saturated rings. The quantitative estimate of drug-likeness (QED) is 0.888. The fraction of sp³-hybridized carbons (Fsp3) is 0.273. The number of nitrogens with zero attached hydrogens (tertiary/aromatic N) is 4. The van der Waals surface area contributed by atoms with Gasteiger partial charge in [-0.3, -0.25) is 4.79 Å². The molecular weight excluding hydrogens is 250 g/mol. The molecule has 0 spiro atoms. The lowest BCUT2D eigenvalue weighted by Gasteiger charge is -2.20. The van der Waals surface area contributed by atoms with Crippen LogP contribution in [0.5, 0.6) is 0 Å². The fourth-order valence-corrected chi connectivity index (χ4v) is 2.39. The second kappa shape index (κ2) is 4.34. The Balaban J connectivity index is 1.93. The number of rotatable bonds is 2. The number of anilines is 3. The smallest absolute Gasteiger partial charge is 0.232 e. The highest BCUT2D eigenvalue weighted by Crippen LogP contribution is 2.30. The Morgan fingerprint density at radius 1 is 1.39 bits per heavy atom. The maximum atomic E-state index is 11.3. The summed E-state index contributed by atoms with van der Waals surface area (Å²) in [4.78, 5) is 13.2. The number of fused-ring (bicyclic) bond motifs is 1. The molecule has 1 aliphatic heterocycles. The first-order valence-corrected chi connectivity index (χ1v) is 6.33. The predicted octanol–water partition coefficient (Wildman–Crippen LogP) is 1.59. The molecule has 0 radical (unpaired) electrons. The summed E-state index contributed by atoms with van der Waals surface area (Å²) in [7, 11) is 1.92. The first kappa shape index (κ1) is 11.1. The molecule has 0 unspecified atom stereocenters. The molecule has 3 rings (SSSR count). The van der Waals surface area contributed by atoms with E-state index in [1.807, 2.05) is 24.1 Å². The summed E-state index contributed by atoms with van der Waals surface area (Å²) >= 11 is 1.25. The number of hydrogen-bond acceptors (Lipinski definition) is 6. The SMILES string of the molecule is CN(c1ccc2c(c1)CCC(=O)N2)c1nnns1. The molecule has 0 atom stereocenters. The van der Waals surface area contributed by atoms with Gasteiger partial charge in [-0.15, -0.1) is 0 Å². The van der Waals surface area contributed by atoms with Crippen LogP contribution in [0.15, 0.2) is 18.2 Å². The van der Waals surface area contributed by atoms with Crippen molar-refractivity contribution in [2.45, 2.75) is 12.8 Å². The summed E-state index contributed by atoms with van der Waals surface area (Å²) in [6, 6.07) is 5.94. The summed E-state index contributed by atoms with van der Waals surface area (Å²) in [5.41, 5.74) is 3.07. The van der Waals surface area contributed by atoms with Crippen LogP contribution in [0.25, 0.3) is 0 Å². The van der Waals surface area contributed by atoms with Crippen LogP contribution in [0.4, 0.5) is 16.5 Å². The molecule has 2 aromatic rings. The van der Waals surface area contributed by atoms with Crippen molar-refractivity contribution in [2.24, 2.45) is 0 Å². The molecule has 1 aromatic heterocycles. The predicted molar refractivity (Wildman–Crippen MR) is 69.2 cm³/mol. The third-order valence-corrected chi connectivity index (χ3v) is 3.62. The van der Waals surface area contributed by atoms with Crippen LogP contribution in [0.2, 0.25) is 0 Å². The van der Waals surface area contributed by atoms with Gasteiger partial charge in [-0.2, -0.15) is 0 Å². The minimum atomic E-state index is 0.0805. The maximum absolute atomic E-state index is 11.3. The van der Waals surface area contributed by atoms with Crippen molar-refractivity contribution in [3.8, 4) is 0 Å². The van der Waals surface area contributed by atoms with Crippen molar-refractivity contribution in [3.05, 3.63) is 23.8 Å². The first-order chi connectivity index (χ1) is 8.74. The molecule has 1 aliphatic rings. The number of benzene rings is 1. The second-order valence-corrected chi connectivity index (χ2v) is 4.80. The van der Waals surface area contributed by atoms with E-state index in [1.54, 1.807) is 0 Å². The summed E-state index contributed by atoms with van der Waals surface area (Å²) in [5, 5.41) is 11.1. The van der Waals surface area contributed by atoms with Gasteiger partial charge >= 0.3 is 0 Å². The minimum absolute atomic E-state index is 0.0805. The van der Waals surface area contributed by atoms with E-state index in [0.717, 1.165) is 28.5 Å². The van der Waals surface area contributed by atoms with Crippen molar-refractivity contribution in [1.29, 1.82) is 0 Å². The first-order valence-electron chi connectivity index (χ1n) is 5.55. The van der Waals surface area contributed by atoms with Gasteiger partial charge in [0.05, 0.1) is 0 Å². The van der Waals surface area contributed by atoms with E-state index in [1.165, 1.54) is 11.5 Å². The lowest BCUT2D eigenvalue weighted by molar-refractivity contribution is -0.116. The third-order valence-electron chi connectivity index (χ3n) is 2.95. The summed E-state index contributed by atoms with van der Waals surface area (Å²) < 4.78 is 3.75. The van der Waals surface area contributed by atoms with Crippen LogP contribution in [-0.2, 0) is 11.2 Å². The van der Waals surface area contributed by atoms with Crippen LogP contribution in [-0.4, -0.2) is 27.8 Å². The van der Waals surface area contributed by atoms with Crippen LogP contribution in [0.3, 0.4) is 0 Å². The number of amides is 1. The minimum Gasteiger partial charge on any atom is -0.326 e. The van der Waals surface area contributed by atoms with Crippen molar-refractivity contribution in [3.63, 3.8) is 0 Å². The third kappa shape index (κ3) is 1.92. The van der Waals surface area contributed by atoms with E-state index in [4.69, 9.17) is 0 Å². The Hall–Kier alpha value is -2.02. The Labute approximate surface area is 108 Å². The molecule has 0 saturated heterocycles. The highest BCUT2D eigenvalue weighted by molar-refractivity contribution is 7.09. The second-order valence-electron chi connectivity index (χ2n) is 4.09. The number of hydrogen-bond donors (Lipinski definition) is 1. The Kier molecular flexibility index (Phi) is 2.67. The van der Waals surface area contributed by atoms with Crippen molar-refractivity contribution in [2.75, 3.05) is 17.3 Å². The van der Waals surface area contributed by atoms with E-state index in [9.17, 15) is 4.79 Å². The van der Waals surface area contributed by atoms with Gasteiger partial charge in [-0.1, -0.05) is 9.59 Å². The summed E-state index contributed by atoms with van der Waals surface area (Å²) in [5.74, 6) is 0.0805. The Bertz CT molecular complexity index is 583. The lowest BCUT2D eigenvalue weighted by atomic mass is 10.0. The zero-order valence-electron chi connectivity index (χ0n) is 9.75. The van der Waals surface area contributed by atoms with Gasteiger partial charge < -0.3 is 10.2 Å². The van der Waals surface area contributed by atoms with Crippen LogP contribution < -0.4 is 10.2 Å². The van der Waals surface area contributed by atoms with Crippen LogP contribution in [0.1, 0.15) is 12.0 Å². The molecule has 6 nitrogen and oxygen atoms in total. The Morgan fingerprint density at radius 2 is 2.28 bits per heavy atom. The monoisotopic (exact) mass is 261 g/mol. The molecule has 92 valence electrons. The molecule has 2 heterocycles. The normalized spacial score (nSPS) is 13.9. The molecule has 0 bridgehead atoms. The summed E-state index contributed by atoms with van der Waals surface area (Å²) in [6.07, 6.45) is 1.32. The molecule has 0 aliphatic carbocycles. The zero-order valence-corrected chi connectivity index (χ0v) is 10.6. The molecule has 0 saturated carbocycles. The highest BCUT2D eigenvalue weighted by Gasteiger charge is 2.16. The molecule has 18 heavy (non-hydrogen) atoms. The largest absolute Gasteiger partial charge is 0.326 e. The van der Waals surface area contributed by atoms with Gasteiger partial charge in [-0.05, 0) is 35.4 Å². The van der Waals surface area contributed by atoms with Crippen molar-refractivity contribution in [1.82, 2.24) is 14.8 Å². The van der Waals surface area contributed by atoms with E-state index in [2.05, 4.69) is 26.2 Å². The molecule has 1 N–H and O–H groups in total. The maximum Gasteiger partial charge on any atom is 0.232 e. The lowest BCUT2D eigenvalue weighted by Crippen LogP contribution is -2.19. The van der Waals surface area contributed by atoms with Gasteiger partial charge in [0, 0.05) is 36.4 Å². The highest BCUT2D eigenvalue weighted by atomic mass is 32.1. The van der Waals surface area contributed by atoms with Gasteiger partial charge in [0.2, 0.25) is 11.0 Å². The van der Waals surface area contributed by atoms with Crippen molar-refractivity contribution >= 4 is 33.9 Å². The van der Waals surface area contributed by atoms with Gasteiger partial charge in [-0.25, -0.2) is 0 Å². The standard InChI is InChI=1S/C11H11N5OS/c1-16(11-13-14-15-18-11)8-3-4-9-7(6-8)2-5-10(17)12-9/h3-4,6H,2,5H2,1H3,(H,12,17). The number of nitrogens with one attached hydrogen (secondary N) is 1. The van der Waals surface area contributed by atoms with Gasteiger partial charge in [0.15, 0.2) is 0 Å².